The van der Waals surface area contributed by atoms with Gasteiger partial charge in [-0.15, -0.1) is 0 Å². The molecule has 0 atom stereocenters. The number of fused-ring (bicyclic) bond motifs is 3. The van der Waals surface area contributed by atoms with Gasteiger partial charge in [0.05, 0.1) is 23.8 Å². The van der Waals surface area contributed by atoms with Crippen molar-refractivity contribution in [1.82, 2.24) is 4.40 Å². The summed E-state index contributed by atoms with van der Waals surface area (Å²) in [4.78, 5) is 13.1. The molecule has 196 valence electrons. The standard InChI is InChI=1S/C38H27NO2/c1-41-30-22-23-33-31(24-30)32(25-40)38-36(28-18-10-4-11-19-28)34(26-14-6-2-7-15-26)35(27-16-8-3-9-17-27)37(39(33)38)29-20-12-5-13-21-29/h2-25H,1H3. The number of hydrogen-bond donors (Lipinski definition) is 0. The van der Waals surface area contributed by atoms with Crippen LogP contribution in [-0.4, -0.2) is 17.8 Å². The van der Waals surface area contributed by atoms with Crippen molar-refractivity contribution < 1.29 is 9.53 Å². The number of benzene rings is 5. The second-order valence-electron chi connectivity index (χ2n) is 10.0. The normalized spacial score (nSPS) is 11.1. The molecule has 2 heterocycles. The van der Waals surface area contributed by atoms with Gasteiger partial charge >= 0.3 is 0 Å². The molecule has 0 unspecified atom stereocenters. The van der Waals surface area contributed by atoms with Gasteiger partial charge in [-0.1, -0.05) is 121 Å². The lowest BCUT2D eigenvalue weighted by molar-refractivity contribution is 0.112. The predicted molar refractivity (Wildman–Crippen MR) is 169 cm³/mol. The number of ether oxygens (including phenoxy) is 1. The summed E-state index contributed by atoms with van der Waals surface area (Å²) < 4.78 is 7.89. The van der Waals surface area contributed by atoms with E-state index in [0.29, 0.717) is 11.3 Å². The van der Waals surface area contributed by atoms with Crippen LogP contribution in [0.2, 0.25) is 0 Å². The Morgan fingerprint density at radius 1 is 0.561 bits per heavy atom. The lowest BCUT2D eigenvalue weighted by atomic mass is 9.84. The first-order valence-electron chi connectivity index (χ1n) is 13.7. The Morgan fingerprint density at radius 3 is 1.56 bits per heavy atom. The summed E-state index contributed by atoms with van der Waals surface area (Å²) in [5.74, 6) is 0.714. The van der Waals surface area contributed by atoms with E-state index >= 15 is 0 Å². The van der Waals surface area contributed by atoms with Crippen molar-refractivity contribution in [2.45, 2.75) is 0 Å². The van der Waals surface area contributed by atoms with E-state index in [4.69, 9.17) is 4.74 Å². The number of aromatic nitrogens is 1. The number of pyridine rings is 1. The van der Waals surface area contributed by atoms with Crippen molar-refractivity contribution in [1.29, 1.82) is 0 Å². The number of carbonyl (C=O) groups excluding carboxylic acids is 1. The van der Waals surface area contributed by atoms with Crippen LogP contribution in [0.15, 0.2) is 140 Å². The molecule has 0 amide bonds. The lowest BCUT2D eigenvalue weighted by Gasteiger charge is -2.24. The van der Waals surface area contributed by atoms with E-state index in [1.54, 1.807) is 7.11 Å². The molecule has 0 aliphatic rings. The van der Waals surface area contributed by atoms with Crippen molar-refractivity contribution in [2.24, 2.45) is 0 Å². The highest BCUT2D eigenvalue weighted by molar-refractivity contribution is 6.16. The minimum atomic E-state index is 0.645. The fourth-order valence-corrected chi connectivity index (χ4v) is 6.03. The molecule has 0 radical (unpaired) electrons. The van der Waals surface area contributed by atoms with Crippen LogP contribution < -0.4 is 4.74 Å². The summed E-state index contributed by atoms with van der Waals surface area (Å²) in [5, 5.41) is 0.859. The minimum Gasteiger partial charge on any atom is -0.497 e. The van der Waals surface area contributed by atoms with Crippen LogP contribution in [0.1, 0.15) is 10.4 Å². The maximum atomic E-state index is 13.1. The van der Waals surface area contributed by atoms with Crippen LogP contribution in [0, 0.1) is 0 Å². The van der Waals surface area contributed by atoms with E-state index in [0.717, 1.165) is 67.3 Å². The van der Waals surface area contributed by atoms with Gasteiger partial charge in [0.15, 0.2) is 6.29 Å². The molecule has 7 aromatic rings. The van der Waals surface area contributed by atoms with Crippen LogP contribution in [-0.2, 0) is 0 Å². The van der Waals surface area contributed by atoms with Crippen molar-refractivity contribution in [2.75, 3.05) is 7.11 Å². The van der Waals surface area contributed by atoms with Gasteiger partial charge in [-0.25, -0.2) is 0 Å². The molecule has 2 aromatic heterocycles. The Balaban J connectivity index is 1.85. The van der Waals surface area contributed by atoms with E-state index in [2.05, 4.69) is 108 Å². The molecule has 3 heteroatoms. The Labute approximate surface area is 238 Å². The summed E-state index contributed by atoms with van der Waals surface area (Å²) in [6.45, 7) is 0. The number of rotatable bonds is 6. The first-order chi connectivity index (χ1) is 20.3. The van der Waals surface area contributed by atoms with Gasteiger partial charge in [-0.2, -0.15) is 0 Å². The highest BCUT2D eigenvalue weighted by atomic mass is 16.5. The largest absolute Gasteiger partial charge is 0.497 e. The monoisotopic (exact) mass is 529 g/mol. The van der Waals surface area contributed by atoms with Crippen molar-refractivity contribution >= 4 is 22.7 Å². The molecule has 41 heavy (non-hydrogen) atoms. The van der Waals surface area contributed by atoms with Crippen molar-refractivity contribution in [3.63, 3.8) is 0 Å². The number of aldehydes is 1. The first-order valence-corrected chi connectivity index (χ1v) is 13.7. The molecule has 0 fully saturated rings. The second-order valence-corrected chi connectivity index (χ2v) is 10.0. The van der Waals surface area contributed by atoms with E-state index in [1.165, 1.54) is 0 Å². The fraction of sp³-hybridized carbons (Fsp3) is 0.0263. The average molecular weight is 530 g/mol. The van der Waals surface area contributed by atoms with Crippen LogP contribution in [0.5, 0.6) is 5.75 Å². The van der Waals surface area contributed by atoms with Crippen LogP contribution in [0.3, 0.4) is 0 Å². The van der Waals surface area contributed by atoms with Crippen LogP contribution in [0.4, 0.5) is 0 Å². The number of methoxy groups -OCH3 is 1. The SMILES string of the molecule is COc1ccc2c(c1)c(C=O)c1c(-c3ccccc3)c(-c3ccccc3)c(-c3ccccc3)c(-c3ccccc3)n12. The molecule has 0 aliphatic carbocycles. The van der Waals surface area contributed by atoms with E-state index < -0.39 is 0 Å². The highest BCUT2D eigenvalue weighted by Crippen LogP contribution is 2.50. The van der Waals surface area contributed by atoms with Gasteiger partial charge in [-0.05, 0) is 40.5 Å². The van der Waals surface area contributed by atoms with Gasteiger partial charge in [0.1, 0.15) is 5.75 Å². The molecular weight excluding hydrogens is 502 g/mol. The third kappa shape index (κ3) is 4.02. The van der Waals surface area contributed by atoms with E-state index in [9.17, 15) is 4.79 Å². The topological polar surface area (TPSA) is 30.7 Å². The molecule has 0 N–H and O–H groups in total. The van der Waals surface area contributed by atoms with Crippen LogP contribution >= 0.6 is 0 Å². The number of hydrogen-bond acceptors (Lipinski definition) is 2. The summed E-state index contributed by atoms with van der Waals surface area (Å²) >= 11 is 0. The Hall–Kier alpha value is -5.41. The van der Waals surface area contributed by atoms with Gasteiger partial charge in [0.25, 0.3) is 0 Å². The summed E-state index contributed by atoms with van der Waals surface area (Å²) in [6, 6.07) is 47.9. The summed E-state index contributed by atoms with van der Waals surface area (Å²) in [7, 11) is 1.66. The zero-order chi connectivity index (χ0) is 27.8. The highest BCUT2D eigenvalue weighted by Gasteiger charge is 2.28. The third-order valence-electron chi connectivity index (χ3n) is 7.76. The molecule has 0 saturated heterocycles. The minimum absolute atomic E-state index is 0.645. The molecule has 5 aromatic carbocycles. The smallest absolute Gasteiger partial charge is 0.152 e. The molecule has 3 nitrogen and oxygen atoms in total. The van der Waals surface area contributed by atoms with Gasteiger partial charge in [0, 0.05) is 27.6 Å². The predicted octanol–water partition coefficient (Wildman–Crippen LogP) is 9.58. The molecule has 0 spiro atoms. The second kappa shape index (κ2) is 10.3. The lowest BCUT2D eigenvalue weighted by Crippen LogP contribution is -2.03. The maximum Gasteiger partial charge on any atom is 0.152 e. The molecule has 0 saturated carbocycles. The summed E-state index contributed by atoms with van der Waals surface area (Å²) in [5.41, 5.74) is 11.0. The number of nitrogens with zero attached hydrogens (tertiary/aromatic N) is 1. The van der Waals surface area contributed by atoms with Crippen molar-refractivity contribution in [3.8, 4) is 50.4 Å². The Bertz CT molecular complexity index is 2010. The number of carbonyl (C=O) groups is 1. The zero-order valence-corrected chi connectivity index (χ0v) is 22.6. The van der Waals surface area contributed by atoms with E-state index in [1.807, 2.05) is 36.4 Å². The van der Waals surface area contributed by atoms with E-state index in [-0.39, 0.29) is 0 Å². The van der Waals surface area contributed by atoms with Crippen molar-refractivity contribution in [3.05, 3.63) is 145 Å². The molecule has 7 rings (SSSR count). The quantitative estimate of drug-likeness (QED) is 0.201. The maximum absolute atomic E-state index is 13.1. The molecule has 0 bridgehead atoms. The van der Waals surface area contributed by atoms with Crippen LogP contribution in [0.25, 0.3) is 61.1 Å². The van der Waals surface area contributed by atoms with Gasteiger partial charge in [0.2, 0.25) is 0 Å². The van der Waals surface area contributed by atoms with Gasteiger partial charge in [-0.3, -0.25) is 4.79 Å². The fourth-order valence-electron chi connectivity index (χ4n) is 6.03. The Morgan fingerprint density at radius 2 is 1.05 bits per heavy atom. The molecule has 0 aliphatic heterocycles. The zero-order valence-electron chi connectivity index (χ0n) is 22.6. The average Bonchev–Trinajstić information content (AvgIpc) is 3.38. The Kier molecular flexibility index (Phi) is 6.18. The summed E-state index contributed by atoms with van der Waals surface area (Å²) in [6.07, 6.45) is 0.995. The van der Waals surface area contributed by atoms with Gasteiger partial charge < -0.3 is 9.14 Å². The first kappa shape index (κ1) is 24.6. The molecular formula is C38H27NO2. The third-order valence-corrected chi connectivity index (χ3v) is 7.76.